The normalized spacial score (nSPS) is 29.4. The van der Waals surface area contributed by atoms with Crippen molar-refractivity contribution < 1.29 is 5.11 Å². The van der Waals surface area contributed by atoms with E-state index in [1.807, 2.05) is 24.3 Å². The summed E-state index contributed by atoms with van der Waals surface area (Å²) in [6.07, 6.45) is 4.78. The van der Waals surface area contributed by atoms with Crippen LogP contribution in [0.4, 0.5) is 0 Å². The fourth-order valence-electron chi connectivity index (χ4n) is 3.40. The van der Waals surface area contributed by atoms with Crippen LogP contribution in [-0.2, 0) is 5.60 Å². The van der Waals surface area contributed by atoms with Crippen LogP contribution >= 0.6 is 15.9 Å². The zero-order valence-electron chi connectivity index (χ0n) is 12.2. The second-order valence-corrected chi connectivity index (χ2v) is 6.95. The Morgan fingerprint density at radius 1 is 1.40 bits per heavy atom. The van der Waals surface area contributed by atoms with Gasteiger partial charge in [0, 0.05) is 4.47 Å². The predicted molar refractivity (Wildman–Crippen MR) is 84.0 cm³/mol. The van der Waals surface area contributed by atoms with Gasteiger partial charge in [-0.2, -0.15) is 5.26 Å². The Morgan fingerprint density at radius 2 is 2.00 bits per heavy atom. The van der Waals surface area contributed by atoms with Gasteiger partial charge in [-0.15, -0.1) is 0 Å². The SMILES string of the molecule is CCC1CCC(C#N)(C(C)(O)c2ccccc2Br)CC1. The minimum atomic E-state index is -1.12. The third kappa shape index (κ3) is 2.52. The van der Waals surface area contributed by atoms with Crippen molar-refractivity contribution in [1.82, 2.24) is 0 Å². The van der Waals surface area contributed by atoms with Gasteiger partial charge in [0.15, 0.2) is 0 Å². The smallest absolute Gasteiger partial charge is 0.106 e. The summed E-state index contributed by atoms with van der Waals surface area (Å²) in [7, 11) is 0. The maximum atomic E-state index is 11.1. The van der Waals surface area contributed by atoms with Gasteiger partial charge in [-0.1, -0.05) is 47.5 Å². The van der Waals surface area contributed by atoms with E-state index >= 15 is 0 Å². The highest BCUT2D eigenvalue weighted by Gasteiger charge is 2.50. The molecule has 0 aromatic heterocycles. The zero-order valence-corrected chi connectivity index (χ0v) is 13.8. The number of nitriles is 1. The molecule has 0 amide bonds. The van der Waals surface area contributed by atoms with Crippen LogP contribution in [0, 0.1) is 22.7 Å². The molecule has 1 atom stereocenters. The Balaban J connectivity index is 2.36. The van der Waals surface area contributed by atoms with Crippen molar-refractivity contribution in [2.75, 3.05) is 0 Å². The average molecular weight is 336 g/mol. The summed E-state index contributed by atoms with van der Waals surface area (Å²) in [5.41, 5.74) is -0.986. The summed E-state index contributed by atoms with van der Waals surface area (Å²) in [4.78, 5) is 0. The molecule has 0 saturated heterocycles. The van der Waals surface area contributed by atoms with Crippen molar-refractivity contribution >= 4 is 15.9 Å². The molecular weight excluding hydrogens is 314 g/mol. The maximum absolute atomic E-state index is 11.1. The third-order valence-electron chi connectivity index (χ3n) is 5.08. The number of rotatable bonds is 3. The largest absolute Gasteiger partial charge is 0.384 e. The van der Waals surface area contributed by atoms with E-state index in [0.717, 1.165) is 35.7 Å². The van der Waals surface area contributed by atoms with Crippen LogP contribution in [0.1, 0.15) is 51.5 Å². The lowest BCUT2D eigenvalue weighted by Crippen LogP contribution is -2.45. The molecule has 0 bridgehead atoms. The second kappa shape index (κ2) is 5.87. The summed E-state index contributed by atoms with van der Waals surface area (Å²) < 4.78 is 0.872. The zero-order chi connectivity index (χ0) is 14.8. The lowest BCUT2D eigenvalue weighted by molar-refractivity contribution is -0.0703. The molecule has 1 aromatic rings. The number of benzene rings is 1. The first-order valence-corrected chi connectivity index (χ1v) is 8.15. The van der Waals surface area contributed by atoms with Crippen LogP contribution in [0.15, 0.2) is 28.7 Å². The molecule has 1 saturated carbocycles. The average Bonchev–Trinajstić information content (AvgIpc) is 2.47. The van der Waals surface area contributed by atoms with Crippen molar-refractivity contribution in [3.63, 3.8) is 0 Å². The second-order valence-electron chi connectivity index (χ2n) is 6.10. The molecule has 2 nitrogen and oxygen atoms in total. The highest BCUT2D eigenvalue weighted by molar-refractivity contribution is 9.10. The molecule has 0 spiro atoms. The van der Waals surface area contributed by atoms with Gasteiger partial charge >= 0.3 is 0 Å². The molecule has 1 fully saturated rings. The molecular formula is C17H22BrNO. The Kier molecular flexibility index (Phi) is 4.56. The van der Waals surface area contributed by atoms with Crippen molar-refractivity contribution in [2.45, 2.75) is 51.6 Å². The highest BCUT2D eigenvalue weighted by Crippen LogP contribution is 2.52. The first-order chi connectivity index (χ1) is 9.47. The molecule has 1 aliphatic rings. The summed E-state index contributed by atoms with van der Waals surface area (Å²) >= 11 is 3.51. The summed E-state index contributed by atoms with van der Waals surface area (Å²) in [6.45, 7) is 4.00. The molecule has 1 aliphatic carbocycles. The molecule has 1 N–H and O–H groups in total. The third-order valence-corrected chi connectivity index (χ3v) is 5.77. The molecule has 3 heteroatoms. The molecule has 0 radical (unpaired) electrons. The first-order valence-electron chi connectivity index (χ1n) is 7.35. The molecule has 108 valence electrons. The minimum absolute atomic E-state index is 0.678. The number of hydrogen-bond donors (Lipinski definition) is 1. The van der Waals surface area contributed by atoms with E-state index in [4.69, 9.17) is 0 Å². The Morgan fingerprint density at radius 3 is 2.50 bits per heavy atom. The topological polar surface area (TPSA) is 44.0 Å². The van der Waals surface area contributed by atoms with Gasteiger partial charge in [0.1, 0.15) is 5.60 Å². The maximum Gasteiger partial charge on any atom is 0.106 e. The van der Waals surface area contributed by atoms with Crippen molar-refractivity contribution in [3.05, 3.63) is 34.3 Å². The van der Waals surface area contributed by atoms with Crippen molar-refractivity contribution in [1.29, 1.82) is 5.26 Å². The van der Waals surface area contributed by atoms with Crippen LogP contribution in [0.25, 0.3) is 0 Å². The van der Waals surface area contributed by atoms with E-state index in [9.17, 15) is 10.4 Å². The number of halogens is 1. The molecule has 0 heterocycles. The van der Waals surface area contributed by atoms with Crippen LogP contribution in [0.2, 0.25) is 0 Å². The Hall–Kier alpha value is -0.850. The monoisotopic (exact) mass is 335 g/mol. The van der Waals surface area contributed by atoms with E-state index in [-0.39, 0.29) is 0 Å². The first kappa shape index (κ1) is 15.5. The molecule has 0 aliphatic heterocycles. The van der Waals surface area contributed by atoms with Crippen LogP contribution in [-0.4, -0.2) is 5.11 Å². The van der Waals surface area contributed by atoms with Gasteiger partial charge in [-0.25, -0.2) is 0 Å². The number of nitrogens with zero attached hydrogens (tertiary/aromatic N) is 1. The summed E-state index contributed by atoms with van der Waals surface area (Å²) in [5.74, 6) is 0.700. The van der Waals surface area contributed by atoms with Gasteiger partial charge in [-0.3, -0.25) is 0 Å². The van der Waals surface area contributed by atoms with Gasteiger partial charge in [0.05, 0.1) is 11.5 Å². The Bertz CT molecular complexity index is 510. The lowest BCUT2D eigenvalue weighted by Gasteiger charge is -2.45. The molecule has 20 heavy (non-hydrogen) atoms. The van der Waals surface area contributed by atoms with E-state index in [2.05, 4.69) is 28.9 Å². The van der Waals surface area contributed by atoms with Crippen molar-refractivity contribution in [2.24, 2.45) is 11.3 Å². The van der Waals surface area contributed by atoms with E-state index < -0.39 is 11.0 Å². The van der Waals surface area contributed by atoms with Crippen LogP contribution in [0.3, 0.4) is 0 Å². The fourth-order valence-corrected chi connectivity index (χ4v) is 4.07. The number of hydrogen-bond acceptors (Lipinski definition) is 2. The van der Waals surface area contributed by atoms with Gasteiger partial charge in [0.2, 0.25) is 0 Å². The minimum Gasteiger partial charge on any atom is -0.384 e. The van der Waals surface area contributed by atoms with E-state index in [1.165, 1.54) is 6.42 Å². The highest BCUT2D eigenvalue weighted by atomic mass is 79.9. The van der Waals surface area contributed by atoms with Crippen molar-refractivity contribution in [3.8, 4) is 6.07 Å². The van der Waals surface area contributed by atoms with Gasteiger partial charge in [0.25, 0.3) is 0 Å². The van der Waals surface area contributed by atoms with Crippen LogP contribution in [0.5, 0.6) is 0 Å². The quantitative estimate of drug-likeness (QED) is 0.864. The standard InChI is InChI=1S/C17H22BrNO/c1-3-13-8-10-17(12-19,11-9-13)16(2,20)14-6-4-5-7-15(14)18/h4-7,13,20H,3,8-11H2,1-2H3. The van der Waals surface area contributed by atoms with Gasteiger partial charge in [-0.05, 0) is 50.2 Å². The molecule has 1 unspecified atom stereocenters. The van der Waals surface area contributed by atoms with E-state index in [1.54, 1.807) is 6.92 Å². The number of aliphatic hydroxyl groups is 1. The van der Waals surface area contributed by atoms with Crippen LogP contribution < -0.4 is 0 Å². The lowest BCUT2D eigenvalue weighted by atomic mass is 9.60. The summed E-state index contributed by atoms with van der Waals surface area (Å²) in [6, 6.07) is 10.1. The van der Waals surface area contributed by atoms with E-state index in [0.29, 0.717) is 5.92 Å². The summed E-state index contributed by atoms with van der Waals surface area (Å²) in [5, 5.41) is 20.9. The molecule has 1 aromatic carbocycles. The Labute approximate surface area is 129 Å². The molecule has 2 rings (SSSR count). The predicted octanol–water partition coefficient (Wildman–Crippen LogP) is 4.77. The van der Waals surface area contributed by atoms with Gasteiger partial charge < -0.3 is 5.11 Å². The fraction of sp³-hybridized carbons (Fsp3) is 0.588.